The number of ketones is 1. The molecule has 0 unspecified atom stereocenters. The average molecular weight is 465 g/mol. The number of carbonyl (C=O) groups is 1. The van der Waals surface area contributed by atoms with E-state index in [9.17, 15) is 14.9 Å². The molecule has 164 valence electrons. The molecule has 0 saturated carbocycles. The molecule has 0 radical (unpaired) electrons. The number of nitriles is 1. The second-order valence-electron chi connectivity index (χ2n) is 8.10. The minimum Gasteiger partial charge on any atom is -0.401 e. The first-order valence-corrected chi connectivity index (χ1v) is 12.3. The predicted octanol–water partition coefficient (Wildman–Crippen LogP) is 4.36. The normalized spacial score (nSPS) is 14.1. The van der Waals surface area contributed by atoms with E-state index in [4.69, 9.17) is 10.7 Å². The summed E-state index contributed by atoms with van der Waals surface area (Å²) in [6.45, 7) is 5.48. The Kier molecular flexibility index (Phi) is 6.22. The molecule has 0 bridgehead atoms. The molecule has 0 amide bonds. The van der Waals surface area contributed by atoms with Crippen molar-refractivity contribution in [2.75, 3.05) is 5.75 Å². The van der Waals surface area contributed by atoms with Gasteiger partial charge in [-0.3, -0.25) is 14.2 Å². The first-order valence-electron chi connectivity index (χ1n) is 10.5. The number of aromatic nitrogens is 2. The van der Waals surface area contributed by atoms with Crippen LogP contribution in [-0.2, 0) is 17.6 Å². The lowest BCUT2D eigenvalue weighted by atomic mass is 9.97. The van der Waals surface area contributed by atoms with Crippen LogP contribution in [0.25, 0.3) is 15.9 Å². The van der Waals surface area contributed by atoms with E-state index in [-0.39, 0.29) is 28.4 Å². The highest BCUT2D eigenvalue weighted by molar-refractivity contribution is 7.99. The fourth-order valence-corrected chi connectivity index (χ4v) is 6.21. The molecule has 1 aliphatic rings. The van der Waals surface area contributed by atoms with Gasteiger partial charge in [0.15, 0.2) is 10.9 Å². The summed E-state index contributed by atoms with van der Waals surface area (Å²) in [5, 5.41) is 10.4. The fraction of sp³-hybridized carbons (Fsp3) is 0.333. The Bertz CT molecular complexity index is 1370. The SMILES string of the molecule is C/C(N)=C(/C#N)C(=O)CSc1nc2sc3c(c2c(=O)n1-c1cc(C)ccc1C)CCCC3. The van der Waals surface area contributed by atoms with Crippen molar-refractivity contribution in [3.05, 3.63) is 61.4 Å². The first kappa shape index (κ1) is 22.3. The Morgan fingerprint density at radius 2 is 2.06 bits per heavy atom. The number of hydrogen-bond acceptors (Lipinski definition) is 7. The van der Waals surface area contributed by atoms with E-state index in [1.165, 1.54) is 23.6 Å². The highest BCUT2D eigenvalue weighted by Crippen LogP contribution is 2.35. The number of thiophene rings is 1. The summed E-state index contributed by atoms with van der Waals surface area (Å²) in [4.78, 5) is 33.2. The van der Waals surface area contributed by atoms with Gasteiger partial charge in [-0.05, 0) is 69.2 Å². The molecule has 0 aliphatic heterocycles. The van der Waals surface area contributed by atoms with Crippen LogP contribution < -0.4 is 11.3 Å². The smallest absolute Gasteiger partial charge is 0.267 e. The van der Waals surface area contributed by atoms with Crippen molar-refractivity contribution in [1.82, 2.24) is 9.55 Å². The van der Waals surface area contributed by atoms with Crippen LogP contribution in [0, 0.1) is 25.2 Å². The van der Waals surface area contributed by atoms with E-state index in [0.717, 1.165) is 52.9 Å². The molecule has 0 atom stereocenters. The highest BCUT2D eigenvalue weighted by Gasteiger charge is 2.24. The zero-order chi connectivity index (χ0) is 23.0. The third-order valence-corrected chi connectivity index (χ3v) is 7.81. The summed E-state index contributed by atoms with van der Waals surface area (Å²) in [6.07, 6.45) is 4.08. The van der Waals surface area contributed by atoms with E-state index in [1.807, 2.05) is 38.1 Å². The van der Waals surface area contributed by atoms with Crippen molar-refractivity contribution >= 4 is 39.1 Å². The molecular formula is C24H24N4O2S2. The molecule has 1 aliphatic carbocycles. The van der Waals surface area contributed by atoms with E-state index in [2.05, 4.69) is 0 Å². The number of hydrogen-bond donors (Lipinski definition) is 1. The van der Waals surface area contributed by atoms with Crippen molar-refractivity contribution < 1.29 is 4.79 Å². The summed E-state index contributed by atoms with van der Waals surface area (Å²) >= 11 is 2.75. The Balaban J connectivity index is 1.90. The summed E-state index contributed by atoms with van der Waals surface area (Å²) in [5.41, 5.74) is 9.62. The summed E-state index contributed by atoms with van der Waals surface area (Å²) in [5.74, 6) is -0.393. The first-order chi connectivity index (χ1) is 15.3. The van der Waals surface area contributed by atoms with E-state index in [1.54, 1.807) is 15.9 Å². The third kappa shape index (κ3) is 3.98. The minimum absolute atomic E-state index is 0.0225. The maximum Gasteiger partial charge on any atom is 0.267 e. The monoisotopic (exact) mass is 464 g/mol. The van der Waals surface area contributed by atoms with Crippen LogP contribution in [-0.4, -0.2) is 21.1 Å². The number of nitrogens with zero attached hydrogens (tertiary/aromatic N) is 3. The van der Waals surface area contributed by atoms with Gasteiger partial charge in [-0.15, -0.1) is 11.3 Å². The van der Waals surface area contributed by atoms with Gasteiger partial charge in [-0.1, -0.05) is 23.9 Å². The standard InChI is InChI=1S/C24H24N4O2S2/c1-13-8-9-14(2)18(10-13)28-23(30)21-16-6-4-5-7-20(16)32-22(21)27-24(28)31-12-19(29)17(11-25)15(3)26/h8-10H,4-7,12,26H2,1-3H3/b17-15+. The number of fused-ring (bicyclic) bond motifs is 3. The average Bonchev–Trinajstić information content (AvgIpc) is 3.13. The molecule has 8 heteroatoms. The number of thioether (sulfide) groups is 1. The largest absolute Gasteiger partial charge is 0.401 e. The number of Topliss-reactive ketones (excluding diaryl/α,β-unsaturated/α-hetero) is 1. The zero-order valence-electron chi connectivity index (χ0n) is 18.3. The molecule has 2 heterocycles. The number of rotatable bonds is 5. The van der Waals surface area contributed by atoms with E-state index < -0.39 is 0 Å². The van der Waals surface area contributed by atoms with E-state index >= 15 is 0 Å². The van der Waals surface area contributed by atoms with Crippen LogP contribution in [0.2, 0.25) is 0 Å². The van der Waals surface area contributed by atoms with Gasteiger partial charge in [0.1, 0.15) is 16.5 Å². The zero-order valence-corrected chi connectivity index (χ0v) is 20.0. The Labute approximate surface area is 194 Å². The molecule has 32 heavy (non-hydrogen) atoms. The maximum atomic E-state index is 13.8. The van der Waals surface area contributed by atoms with Crippen molar-refractivity contribution in [1.29, 1.82) is 5.26 Å². The van der Waals surface area contributed by atoms with Crippen molar-refractivity contribution in [2.45, 2.75) is 51.6 Å². The van der Waals surface area contributed by atoms with Gasteiger partial charge < -0.3 is 5.73 Å². The maximum absolute atomic E-state index is 13.8. The number of carbonyl (C=O) groups excluding carboxylic acids is 1. The number of nitrogens with two attached hydrogens (primary N) is 1. The quantitative estimate of drug-likeness (QED) is 0.260. The van der Waals surface area contributed by atoms with Crippen LogP contribution in [0.5, 0.6) is 0 Å². The molecule has 0 saturated heterocycles. The van der Waals surface area contributed by atoms with Crippen LogP contribution in [0.3, 0.4) is 0 Å². The van der Waals surface area contributed by atoms with Gasteiger partial charge in [0, 0.05) is 10.6 Å². The summed E-state index contributed by atoms with van der Waals surface area (Å²) < 4.78 is 1.63. The molecule has 0 spiro atoms. The van der Waals surface area contributed by atoms with Crippen LogP contribution >= 0.6 is 23.1 Å². The second kappa shape index (κ2) is 8.93. The fourth-order valence-electron chi connectivity index (χ4n) is 4.03. The van der Waals surface area contributed by atoms with Gasteiger partial charge in [0.25, 0.3) is 5.56 Å². The van der Waals surface area contributed by atoms with Crippen LogP contribution in [0.4, 0.5) is 0 Å². The topological polar surface area (TPSA) is 102 Å². The molecule has 2 aromatic heterocycles. The lowest BCUT2D eigenvalue weighted by molar-refractivity contribution is -0.112. The molecule has 4 rings (SSSR count). The Morgan fingerprint density at radius 1 is 1.31 bits per heavy atom. The van der Waals surface area contributed by atoms with E-state index in [0.29, 0.717) is 10.5 Å². The third-order valence-electron chi connectivity index (χ3n) is 5.68. The van der Waals surface area contributed by atoms with Crippen LogP contribution in [0.1, 0.15) is 41.3 Å². The molecular weight excluding hydrogens is 440 g/mol. The van der Waals surface area contributed by atoms with Crippen molar-refractivity contribution in [2.24, 2.45) is 5.73 Å². The predicted molar refractivity (Wildman–Crippen MR) is 130 cm³/mol. The summed E-state index contributed by atoms with van der Waals surface area (Å²) in [6, 6.07) is 7.84. The number of aryl methyl sites for hydroxylation is 4. The van der Waals surface area contributed by atoms with Gasteiger partial charge in [0.2, 0.25) is 0 Å². The second-order valence-corrected chi connectivity index (χ2v) is 10.1. The van der Waals surface area contributed by atoms with Gasteiger partial charge in [-0.2, -0.15) is 5.26 Å². The lowest BCUT2D eigenvalue weighted by Crippen LogP contribution is -2.23. The van der Waals surface area contributed by atoms with Gasteiger partial charge >= 0.3 is 0 Å². The number of benzene rings is 1. The Hall–Kier alpha value is -2.89. The lowest BCUT2D eigenvalue weighted by Gasteiger charge is -2.15. The molecule has 0 fully saturated rings. The molecule has 3 aromatic rings. The van der Waals surface area contributed by atoms with Crippen molar-refractivity contribution in [3.8, 4) is 11.8 Å². The number of allylic oxidation sites excluding steroid dienone is 2. The molecule has 6 nitrogen and oxygen atoms in total. The van der Waals surface area contributed by atoms with Gasteiger partial charge in [0.05, 0.1) is 16.8 Å². The molecule has 2 N–H and O–H groups in total. The Morgan fingerprint density at radius 3 is 2.78 bits per heavy atom. The van der Waals surface area contributed by atoms with Crippen molar-refractivity contribution in [3.63, 3.8) is 0 Å². The van der Waals surface area contributed by atoms with Crippen LogP contribution in [0.15, 0.2) is 39.4 Å². The summed E-state index contributed by atoms with van der Waals surface area (Å²) in [7, 11) is 0. The molecule has 1 aromatic carbocycles. The van der Waals surface area contributed by atoms with Gasteiger partial charge in [-0.25, -0.2) is 4.98 Å². The highest BCUT2D eigenvalue weighted by atomic mass is 32.2. The minimum atomic E-state index is -0.371.